The van der Waals surface area contributed by atoms with E-state index in [9.17, 15) is 21.4 Å². The number of benzene rings is 2. The Balaban J connectivity index is 2.02. The van der Waals surface area contributed by atoms with Gasteiger partial charge in [0.15, 0.2) is 0 Å². The first-order chi connectivity index (χ1) is 12.1. The smallest absolute Gasteiger partial charge is 0.225 e. The molecule has 140 valence electrons. The summed E-state index contributed by atoms with van der Waals surface area (Å²) in [6, 6.07) is 11.6. The third kappa shape index (κ3) is 5.64. The summed E-state index contributed by atoms with van der Waals surface area (Å²) < 4.78 is 67.8. The second-order valence-electron chi connectivity index (χ2n) is 5.08. The average Bonchev–Trinajstić information content (AvgIpc) is 2.57. The minimum absolute atomic E-state index is 0.150. The Morgan fingerprint density at radius 3 is 1.42 bits per heavy atom. The van der Waals surface area contributed by atoms with Gasteiger partial charge in [-0.3, -0.25) is 0 Å². The lowest BCUT2D eigenvalue weighted by molar-refractivity contribution is 0.210. The van der Waals surface area contributed by atoms with Gasteiger partial charge >= 0.3 is 8.25 Å². The predicted molar refractivity (Wildman–Crippen MR) is 92.8 cm³/mol. The van der Waals surface area contributed by atoms with Crippen LogP contribution >= 0.6 is 8.25 Å². The molecule has 0 heterocycles. The van der Waals surface area contributed by atoms with E-state index in [0.29, 0.717) is 0 Å². The SMILES string of the molecule is NS(=O)(=O)c1ccccc1CO[P+](=O)OCc1ccccc1S(N)(=O)=O. The number of nitrogens with two attached hydrogens (primary N) is 2. The molecule has 0 unspecified atom stereocenters. The van der Waals surface area contributed by atoms with E-state index in [4.69, 9.17) is 19.3 Å². The van der Waals surface area contributed by atoms with Crippen LogP contribution in [0.15, 0.2) is 58.3 Å². The Morgan fingerprint density at radius 1 is 0.731 bits per heavy atom. The lowest BCUT2D eigenvalue weighted by Crippen LogP contribution is -2.14. The van der Waals surface area contributed by atoms with Gasteiger partial charge in [-0.1, -0.05) is 36.4 Å². The van der Waals surface area contributed by atoms with Crippen molar-refractivity contribution in [2.75, 3.05) is 0 Å². The van der Waals surface area contributed by atoms with Crippen LogP contribution in [-0.4, -0.2) is 16.8 Å². The Morgan fingerprint density at radius 2 is 1.08 bits per heavy atom. The van der Waals surface area contributed by atoms with Gasteiger partial charge in [0.2, 0.25) is 20.0 Å². The molecule has 4 N–H and O–H groups in total. The molecule has 9 nitrogen and oxygen atoms in total. The van der Waals surface area contributed by atoms with Crippen molar-refractivity contribution >= 4 is 28.3 Å². The van der Waals surface area contributed by atoms with Crippen molar-refractivity contribution in [2.45, 2.75) is 23.0 Å². The Hall–Kier alpha value is -1.72. The standard InChI is InChI=1S/C14H16N2O7PS2/c15-25(18,19)13-7-3-1-5-11(13)9-22-24(17)23-10-12-6-2-4-8-14(12)26(16,20)21/h1-8H,9-10H2,(H2,15,18,19)(H2,16,20,21)/q+1. The molecule has 0 bridgehead atoms. The van der Waals surface area contributed by atoms with Crippen LogP contribution in [0.2, 0.25) is 0 Å². The van der Waals surface area contributed by atoms with Gasteiger partial charge in [-0.25, -0.2) is 27.1 Å². The Kier molecular flexibility index (Phi) is 6.58. The third-order valence-electron chi connectivity index (χ3n) is 3.21. The average molecular weight is 419 g/mol. The highest BCUT2D eigenvalue weighted by Gasteiger charge is 2.24. The second-order valence-corrected chi connectivity index (χ2v) is 9.10. The maximum absolute atomic E-state index is 11.9. The molecule has 0 saturated carbocycles. The molecule has 0 spiro atoms. The molecule has 2 aromatic rings. The minimum Gasteiger partial charge on any atom is -0.225 e. The first kappa shape index (κ1) is 20.6. The molecular formula is C14H16N2O7PS2+. The second kappa shape index (κ2) is 8.31. The highest BCUT2D eigenvalue weighted by atomic mass is 32.2. The number of sulfonamides is 2. The van der Waals surface area contributed by atoms with Crippen LogP contribution in [0, 0.1) is 0 Å². The van der Waals surface area contributed by atoms with Crippen molar-refractivity contribution in [1.29, 1.82) is 0 Å². The van der Waals surface area contributed by atoms with Gasteiger partial charge in [0, 0.05) is 15.7 Å². The quantitative estimate of drug-likeness (QED) is 0.612. The van der Waals surface area contributed by atoms with E-state index in [0.717, 1.165) is 0 Å². The van der Waals surface area contributed by atoms with Crippen LogP contribution in [0.3, 0.4) is 0 Å². The van der Waals surface area contributed by atoms with E-state index in [-0.39, 0.29) is 34.1 Å². The van der Waals surface area contributed by atoms with E-state index in [2.05, 4.69) is 0 Å². The molecule has 0 radical (unpaired) electrons. The lowest BCUT2D eigenvalue weighted by Gasteiger charge is -2.04. The van der Waals surface area contributed by atoms with Gasteiger partial charge in [-0.15, -0.1) is 9.05 Å². The van der Waals surface area contributed by atoms with Crippen LogP contribution in [0.25, 0.3) is 0 Å². The van der Waals surface area contributed by atoms with Gasteiger partial charge in [0.05, 0.1) is 9.79 Å². The van der Waals surface area contributed by atoms with Crippen LogP contribution < -0.4 is 10.3 Å². The molecular weight excluding hydrogens is 403 g/mol. The molecule has 0 fully saturated rings. The van der Waals surface area contributed by atoms with Crippen LogP contribution in [0.1, 0.15) is 11.1 Å². The monoisotopic (exact) mass is 419 g/mol. The largest absolute Gasteiger partial charge is 0.698 e. The molecule has 0 aromatic heterocycles. The summed E-state index contributed by atoms with van der Waals surface area (Å²) >= 11 is 0. The number of primary sulfonamides is 2. The zero-order valence-corrected chi connectivity index (χ0v) is 15.8. The van der Waals surface area contributed by atoms with Gasteiger partial charge in [-0.05, 0) is 12.1 Å². The summed E-state index contributed by atoms with van der Waals surface area (Å²) in [6.07, 6.45) is 0. The Labute approximate surface area is 152 Å². The molecule has 0 aliphatic heterocycles. The number of rotatable bonds is 8. The summed E-state index contributed by atoms with van der Waals surface area (Å²) in [4.78, 5) is -0.300. The number of hydrogen-bond acceptors (Lipinski definition) is 7. The van der Waals surface area contributed by atoms with Crippen LogP contribution in [-0.2, 0) is 46.9 Å². The topological polar surface area (TPSA) is 156 Å². The zero-order chi connectivity index (χ0) is 19.4. The fourth-order valence-corrected chi connectivity index (χ4v) is 4.17. The normalized spacial score (nSPS) is 12.1. The van der Waals surface area contributed by atoms with E-state index in [1.807, 2.05) is 0 Å². The Bertz CT molecular complexity index is 942. The molecule has 0 aliphatic rings. The minimum atomic E-state index is -3.95. The third-order valence-corrected chi connectivity index (χ3v) is 5.91. The first-order valence-corrected chi connectivity index (χ1v) is 11.2. The molecule has 12 heteroatoms. The van der Waals surface area contributed by atoms with Crippen molar-refractivity contribution in [2.24, 2.45) is 10.3 Å². The van der Waals surface area contributed by atoms with Crippen molar-refractivity contribution in [3.63, 3.8) is 0 Å². The molecule has 2 rings (SSSR count). The summed E-state index contributed by atoms with van der Waals surface area (Å²) in [7, 11) is -10.6. The molecule has 0 aliphatic carbocycles. The molecule has 0 amide bonds. The van der Waals surface area contributed by atoms with Gasteiger partial charge in [-0.2, -0.15) is 0 Å². The first-order valence-electron chi connectivity index (χ1n) is 7.03. The highest BCUT2D eigenvalue weighted by Crippen LogP contribution is 2.29. The molecule has 2 aromatic carbocycles. The maximum atomic E-state index is 11.9. The fraction of sp³-hybridized carbons (Fsp3) is 0.143. The van der Waals surface area contributed by atoms with Gasteiger partial charge < -0.3 is 0 Å². The van der Waals surface area contributed by atoms with E-state index in [1.165, 1.54) is 36.4 Å². The highest BCUT2D eigenvalue weighted by molar-refractivity contribution is 7.89. The van der Waals surface area contributed by atoms with E-state index >= 15 is 0 Å². The van der Waals surface area contributed by atoms with E-state index in [1.54, 1.807) is 12.1 Å². The summed E-state index contributed by atoms with van der Waals surface area (Å²) in [5, 5.41) is 10.2. The summed E-state index contributed by atoms with van der Waals surface area (Å²) in [5.41, 5.74) is 0.429. The van der Waals surface area contributed by atoms with Crippen LogP contribution in [0.5, 0.6) is 0 Å². The van der Waals surface area contributed by atoms with Crippen LogP contribution in [0.4, 0.5) is 0 Å². The number of hydrogen-bond donors (Lipinski definition) is 2. The van der Waals surface area contributed by atoms with Gasteiger partial charge in [0.25, 0.3) is 0 Å². The predicted octanol–water partition coefficient (Wildman–Crippen LogP) is 1.37. The molecule has 26 heavy (non-hydrogen) atoms. The molecule has 0 atom stereocenters. The van der Waals surface area contributed by atoms with Crippen molar-refractivity contribution in [3.8, 4) is 0 Å². The summed E-state index contributed by atoms with van der Waals surface area (Å²) in [5.74, 6) is 0. The van der Waals surface area contributed by atoms with Crippen molar-refractivity contribution in [3.05, 3.63) is 59.7 Å². The maximum Gasteiger partial charge on any atom is 0.698 e. The van der Waals surface area contributed by atoms with Gasteiger partial charge in [0.1, 0.15) is 13.2 Å². The lowest BCUT2D eigenvalue weighted by atomic mass is 10.2. The van der Waals surface area contributed by atoms with E-state index < -0.39 is 28.3 Å². The fourth-order valence-electron chi connectivity index (χ4n) is 2.08. The molecule has 0 saturated heterocycles. The zero-order valence-electron chi connectivity index (χ0n) is 13.3. The summed E-state index contributed by atoms with van der Waals surface area (Å²) in [6.45, 7) is -0.642. The van der Waals surface area contributed by atoms with Crippen molar-refractivity contribution < 1.29 is 30.4 Å². The van der Waals surface area contributed by atoms with Crippen molar-refractivity contribution in [1.82, 2.24) is 0 Å².